The standard InChI is InChI=1S/C26H42N8O/c1-17(2)15-22(35)33-13-11-20(12-14-33)29-24-23-25(34(16-28-23)21-5-3-4-6-21)32-26(31-24)30-19-9-7-18(27)8-10-19/h16-21H,3-15,27H2,1-2H3,(H2,29,30,31,32)/t18-,19-. The summed E-state index contributed by atoms with van der Waals surface area (Å²) in [7, 11) is 0. The molecule has 2 aromatic heterocycles. The Labute approximate surface area is 208 Å². The lowest BCUT2D eigenvalue weighted by atomic mass is 9.92. The summed E-state index contributed by atoms with van der Waals surface area (Å²) in [6.45, 7) is 5.79. The van der Waals surface area contributed by atoms with Crippen LogP contribution in [-0.2, 0) is 4.79 Å². The molecule has 3 aliphatic rings. The Kier molecular flexibility index (Phi) is 7.41. The number of nitrogens with zero attached hydrogens (tertiary/aromatic N) is 5. The molecule has 1 saturated heterocycles. The van der Waals surface area contributed by atoms with Gasteiger partial charge in [-0.2, -0.15) is 9.97 Å². The smallest absolute Gasteiger partial charge is 0.227 e. The van der Waals surface area contributed by atoms with E-state index in [9.17, 15) is 4.79 Å². The number of imidazole rings is 1. The van der Waals surface area contributed by atoms with Crippen LogP contribution in [0.1, 0.15) is 90.5 Å². The molecule has 5 rings (SSSR count). The Morgan fingerprint density at radius 3 is 2.37 bits per heavy atom. The number of rotatable bonds is 7. The van der Waals surface area contributed by atoms with Crippen LogP contribution in [0, 0.1) is 5.92 Å². The Hall–Kier alpha value is -2.42. The molecule has 2 aliphatic carbocycles. The van der Waals surface area contributed by atoms with E-state index in [1.54, 1.807) is 0 Å². The maximum absolute atomic E-state index is 12.5. The topological polar surface area (TPSA) is 114 Å². The maximum Gasteiger partial charge on any atom is 0.227 e. The molecular formula is C26H42N8O. The number of nitrogens with one attached hydrogen (secondary N) is 2. The summed E-state index contributed by atoms with van der Waals surface area (Å²) in [4.78, 5) is 29.2. The number of hydrogen-bond donors (Lipinski definition) is 3. The quantitative estimate of drug-likeness (QED) is 0.545. The minimum atomic E-state index is 0.272. The second-order valence-electron chi connectivity index (χ2n) is 11.3. The highest BCUT2D eigenvalue weighted by Crippen LogP contribution is 2.34. The molecule has 9 heteroatoms. The van der Waals surface area contributed by atoms with E-state index in [2.05, 4.69) is 29.0 Å². The molecule has 0 atom stereocenters. The Morgan fingerprint density at radius 1 is 1.00 bits per heavy atom. The van der Waals surface area contributed by atoms with Crippen LogP contribution in [0.3, 0.4) is 0 Å². The Morgan fingerprint density at radius 2 is 1.69 bits per heavy atom. The van der Waals surface area contributed by atoms with E-state index in [-0.39, 0.29) is 11.9 Å². The molecule has 3 fully saturated rings. The fourth-order valence-electron chi connectivity index (χ4n) is 5.92. The van der Waals surface area contributed by atoms with Crippen LogP contribution in [0.15, 0.2) is 6.33 Å². The molecule has 2 aromatic rings. The monoisotopic (exact) mass is 482 g/mol. The molecule has 0 unspecified atom stereocenters. The van der Waals surface area contributed by atoms with Gasteiger partial charge < -0.3 is 25.8 Å². The fourth-order valence-corrected chi connectivity index (χ4v) is 5.92. The van der Waals surface area contributed by atoms with Crippen LogP contribution >= 0.6 is 0 Å². The van der Waals surface area contributed by atoms with Crippen LogP contribution < -0.4 is 16.4 Å². The van der Waals surface area contributed by atoms with Gasteiger partial charge >= 0.3 is 0 Å². The highest BCUT2D eigenvalue weighted by atomic mass is 16.2. The van der Waals surface area contributed by atoms with Gasteiger partial charge in [0.1, 0.15) is 0 Å². The van der Waals surface area contributed by atoms with Gasteiger partial charge in [-0.05, 0) is 57.3 Å². The Balaban J connectivity index is 1.34. The number of anilines is 2. The zero-order chi connectivity index (χ0) is 24.4. The number of fused-ring (bicyclic) bond motifs is 1. The SMILES string of the molecule is CC(C)CC(=O)N1CCC(Nc2nc(N[C@H]3CC[C@H](N)CC3)nc3c2ncn3C2CCCC2)CC1. The summed E-state index contributed by atoms with van der Waals surface area (Å²) in [6, 6.07) is 1.42. The van der Waals surface area contributed by atoms with Crippen molar-refractivity contribution in [3.05, 3.63) is 6.33 Å². The lowest BCUT2D eigenvalue weighted by Gasteiger charge is -2.33. The van der Waals surface area contributed by atoms with Gasteiger partial charge in [0.05, 0.1) is 6.33 Å². The van der Waals surface area contributed by atoms with Crippen molar-refractivity contribution in [1.82, 2.24) is 24.4 Å². The lowest BCUT2D eigenvalue weighted by Crippen LogP contribution is -2.42. The van der Waals surface area contributed by atoms with Gasteiger partial charge in [0.25, 0.3) is 0 Å². The van der Waals surface area contributed by atoms with Crippen LogP contribution in [0.5, 0.6) is 0 Å². The third-order valence-corrected chi connectivity index (χ3v) is 8.02. The molecule has 0 spiro atoms. The lowest BCUT2D eigenvalue weighted by molar-refractivity contribution is -0.132. The summed E-state index contributed by atoms with van der Waals surface area (Å²) in [5.74, 6) is 2.17. The van der Waals surface area contributed by atoms with Gasteiger partial charge in [-0.15, -0.1) is 0 Å². The zero-order valence-electron chi connectivity index (χ0n) is 21.4. The molecule has 4 N–H and O–H groups in total. The third kappa shape index (κ3) is 5.71. The third-order valence-electron chi connectivity index (χ3n) is 8.02. The number of aromatic nitrogens is 4. The first-order chi connectivity index (χ1) is 17.0. The maximum atomic E-state index is 12.5. The molecule has 0 radical (unpaired) electrons. The minimum absolute atomic E-state index is 0.272. The fraction of sp³-hybridized carbons (Fsp3) is 0.769. The average Bonchev–Trinajstić information content (AvgIpc) is 3.51. The van der Waals surface area contributed by atoms with Crippen molar-refractivity contribution in [3.63, 3.8) is 0 Å². The highest BCUT2D eigenvalue weighted by molar-refractivity contribution is 5.84. The van der Waals surface area contributed by atoms with Gasteiger partial charge in [-0.3, -0.25) is 4.79 Å². The average molecular weight is 483 g/mol. The predicted octanol–water partition coefficient (Wildman–Crippen LogP) is 4.07. The predicted molar refractivity (Wildman–Crippen MR) is 139 cm³/mol. The van der Waals surface area contributed by atoms with Crippen LogP contribution in [0.2, 0.25) is 0 Å². The first-order valence-electron chi connectivity index (χ1n) is 13.8. The van der Waals surface area contributed by atoms with Gasteiger partial charge in [0, 0.05) is 43.7 Å². The van der Waals surface area contributed by atoms with Crippen molar-refractivity contribution in [2.45, 2.75) is 109 Å². The van der Waals surface area contributed by atoms with Crippen LogP contribution in [0.4, 0.5) is 11.8 Å². The first-order valence-corrected chi connectivity index (χ1v) is 13.8. The van der Waals surface area contributed by atoms with Crippen LogP contribution in [0.25, 0.3) is 11.2 Å². The van der Waals surface area contributed by atoms with Crippen molar-refractivity contribution >= 4 is 28.8 Å². The van der Waals surface area contributed by atoms with Crippen LogP contribution in [-0.4, -0.2) is 61.5 Å². The van der Waals surface area contributed by atoms with Crippen molar-refractivity contribution in [2.75, 3.05) is 23.7 Å². The van der Waals surface area contributed by atoms with E-state index < -0.39 is 0 Å². The molecule has 35 heavy (non-hydrogen) atoms. The molecule has 3 heterocycles. The molecule has 2 saturated carbocycles. The zero-order valence-corrected chi connectivity index (χ0v) is 21.4. The molecular weight excluding hydrogens is 440 g/mol. The second-order valence-corrected chi connectivity index (χ2v) is 11.3. The van der Waals surface area contributed by atoms with Gasteiger partial charge in [0.15, 0.2) is 17.0 Å². The number of likely N-dealkylation sites (tertiary alicyclic amines) is 1. The first kappa shape index (κ1) is 24.3. The Bertz CT molecular complexity index is 998. The van der Waals surface area contributed by atoms with Gasteiger partial charge in [0.2, 0.25) is 11.9 Å². The number of amides is 1. The summed E-state index contributed by atoms with van der Waals surface area (Å²) in [5.41, 5.74) is 7.89. The summed E-state index contributed by atoms with van der Waals surface area (Å²) >= 11 is 0. The highest BCUT2D eigenvalue weighted by Gasteiger charge is 2.27. The largest absolute Gasteiger partial charge is 0.365 e. The van der Waals surface area contributed by atoms with Crippen molar-refractivity contribution in [1.29, 1.82) is 0 Å². The number of piperidine rings is 1. The molecule has 0 bridgehead atoms. The molecule has 192 valence electrons. The van der Waals surface area contributed by atoms with E-state index in [1.807, 2.05) is 11.2 Å². The van der Waals surface area contributed by atoms with Crippen molar-refractivity contribution < 1.29 is 4.79 Å². The number of hydrogen-bond acceptors (Lipinski definition) is 7. The van der Waals surface area contributed by atoms with E-state index in [0.29, 0.717) is 36.4 Å². The van der Waals surface area contributed by atoms with Gasteiger partial charge in [-0.25, -0.2) is 4.98 Å². The minimum Gasteiger partial charge on any atom is -0.365 e. The molecule has 1 amide bonds. The van der Waals surface area contributed by atoms with E-state index in [1.165, 1.54) is 25.7 Å². The van der Waals surface area contributed by atoms with Crippen molar-refractivity contribution in [2.24, 2.45) is 11.7 Å². The second kappa shape index (κ2) is 10.7. The van der Waals surface area contributed by atoms with E-state index in [0.717, 1.165) is 68.6 Å². The summed E-state index contributed by atoms with van der Waals surface area (Å²) in [6.07, 6.45) is 13.5. The number of carbonyl (C=O) groups excluding carboxylic acids is 1. The van der Waals surface area contributed by atoms with Crippen molar-refractivity contribution in [3.8, 4) is 0 Å². The molecule has 0 aromatic carbocycles. The molecule has 1 aliphatic heterocycles. The van der Waals surface area contributed by atoms with E-state index >= 15 is 0 Å². The van der Waals surface area contributed by atoms with Gasteiger partial charge in [-0.1, -0.05) is 26.7 Å². The summed E-state index contributed by atoms with van der Waals surface area (Å²) in [5, 5.41) is 7.29. The number of nitrogens with two attached hydrogens (primary N) is 1. The van der Waals surface area contributed by atoms with E-state index in [4.69, 9.17) is 20.7 Å². The summed E-state index contributed by atoms with van der Waals surface area (Å²) < 4.78 is 2.27. The number of carbonyl (C=O) groups is 1. The normalized spacial score (nSPS) is 24.4. The molecule has 9 nitrogen and oxygen atoms in total.